The molecule has 1 saturated heterocycles. The molecule has 1 fully saturated rings. The maximum atomic E-state index is 10.8. The van der Waals surface area contributed by atoms with Crippen LogP contribution in [0.2, 0.25) is 0 Å². The lowest BCUT2D eigenvalue weighted by Crippen LogP contribution is -2.21. The molecule has 1 aliphatic heterocycles. The summed E-state index contributed by atoms with van der Waals surface area (Å²) in [5.41, 5.74) is 5.31. The number of nitrogens with one attached hydrogen (secondary N) is 1. The Morgan fingerprint density at radius 1 is 1.61 bits per heavy atom. The summed E-state index contributed by atoms with van der Waals surface area (Å²) in [5.74, 6) is 1.40. The number of nitro groups is 1. The Bertz CT molecular complexity index is 436. The van der Waals surface area contributed by atoms with Crippen LogP contribution in [0.3, 0.4) is 0 Å². The standard InChI is InChI=1S/C10H15N5O2S/c11-10-13-6-8(15(16)17)9(14-10)12-5-7-3-1-2-4-18-7/h6-7H,1-5H2,(H3,11,12,13,14). The summed E-state index contributed by atoms with van der Waals surface area (Å²) in [4.78, 5) is 17.8. The second-order valence-corrected chi connectivity index (χ2v) is 5.50. The van der Waals surface area contributed by atoms with Crippen LogP contribution in [0.1, 0.15) is 19.3 Å². The van der Waals surface area contributed by atoms with Crippen molar-refractivity contribution in [2.75, 3.05) is 23.3 Å². The van der Waals surface area contributed by atoms with Crippen molar-refractivity contribution < 1.29 is 4.92 Å². The zero-order valence-corrected chi connectivity index (χ0v) is 10.7. The van der Waals surface area contributed by atoms with E-state index in [0.717, 1.165) is 18.4 Å². The Balaban J connectivity index is 2.03. The second kappa shape index (κ2) is 5.85. The molecular formula is C10H15N5O2S. The molecule has 0 bridgehead atoms. The molecule has 18 heavy (non-hydrogen) atoms. The molecule has 2 rings (SSSR count). The fourth-order valence-corrected chi connectivity index (χ4v) is 3.07. The third-order valence-electron chi connectivity index (χ3n) is 2.76. The highest BCUT2D eigenvalue weighted by atomic mass is 32.2. The Morgan fingerprint density at radius 3 is 3.11 bits per heavy atom. The lowest BCUT2D eigenvalue weighted by molar-refractivity contribution is -0.384. The average Bonchev–Trinajstić information content (AvgIpc) is 2.37. The Hall–Kier alpha value is -1.57. The first-order chi connectivity index (χ1) is 8.66. The van der Waals surface area contributed by atoms with Gasteiger partial charge in [-0.3, -0.25) is 10.1 Å². The first-order valence-electron chi connectivity index (χ1n) is 5.79. The van der Waals surface area contributed by atoms with Crippen molar-refractivity contribution >= 4 is 29.2 Å². The number of hydrogen-bond donors (Lipinski definition) is 2. The van der Waals surface area contributed by atoms with Gasteiger partial charge in [-0.25, -0.2) is 4.98 Å². The van der Waals surface area contributed by atoms with E-state index < -0.39 is 4.92 Å². The molecular weight excluding hydrogens is 254 g/mol. The van der Waals surface area contributed by atoms with E-state index in [2.05, 4.69) is 15.3 Å². The van der Waals surface area contributed by atoms with Gasteiger partial charge in [0, 0.05) is 11.8 Å². The molecule has 0 radical (unpaired) electrons. The predicted molar refractivity (Wildman–Crippen MR) is 71.7 cm³/mol. The molecule has 0 aromatic carbocycles. The van der Waals surface area contributed by atoms with Crippen LogP contribution in [0.25, 0.3) is 0 Å². The highest BCUT2D eigenvalue weighted by molar-refractivity contribution is 7.99. The molecule has 1 aromatic rings. The van der Waals surface area contributed by atoms with Crippen LogP contribution in [0.15, 0.2) is 6.20 Å². The highest BCUT2D eigenvalue weighted by Crippen LogP contribution is 2.27. The van der Waals surface area contributed by atoms with E-state index in [1.807, 2.05) is 11.8 Å². The van der Waals surface area contributed by atoms with Gasteiger partial charge in [0.05, 0.1) is 4.92 Å². The van der Waals surface area contributed by atoms with Gasteiger partial charge in [-0.1, -0.05) is 6.42 Å². The summed E-state index contributed by atoms with van der Waals surface area (Å²) in [7, 11) is 0. The van der Waals surface area contributed by atoms with Crippen LogP contribution in [0, 0.1) is 10.1 Å². The number of aromatic nitrogens is 2. The van der Waals surface area contributed by atoms with Crippen molar-refractivity contribution in [1.82, 2.24) is 9.97 Å². The Labute approximate surface area is 109 Å². The summed E-state index contributed by atoms with van der Waals surface area (Å²) in [6.07, 6.45) is 4.74. The van der Waals surface area contributed by atoms with E-state index in [1.54, 1.807) is 0 Å². The van der Waals surface area contributed by atoms with Gasteiger partial charge in [0.1, 0.15) is 6.20 Å². The van der Waals surface area contributed by atoms with Gasteiger partial charge >= 0.3 is 5.69 Å². The van der Waals surface area contributed by atoms with Gasteiger partial charge in [0.2, 0.25) is 11.8 Å². The van der Waals surface area contributed by atoms with E-state index in [4.69, 9.17) is 5.73 Å². The number of nitrogens with two attached hydrogens (primary N) is 1. The average molecular weight is 269 g/mol. The van der Waals surface area contributed by atoms with Gasteiger partial charge in [0.25, 0.3) is 0 Å². The summed E-state index contributed by atoms with van der Waals surface area (Å²) in [6.45, 7) is 0.669. The van der Waals surface area contributed by atoms with Gasteiger partial charge in [0.15, 0.2) is 0 Å². The molecule has 98 valence electrons. The van der Waals surface area contributed by atoms with Crippen molar-refractivity contribution in [3.63, 3.8) is 0 Å². The minimum atomic E-state index is -0.504. The molecule has 8 heteroatoms. The van der Waals surface area contributed by atoms with Crippen molar-refractivity contribution in [2.24, 2.45) is 0 Å². The van der Waals surface area contributed by atoms with Crippen molar-refractivity contribution in [3.05, 3.63) is 16.3 Å². The van der Waals surface area contributed by atoms with Gasteiger partial charge in [-0.15, -0.1) is 0 Å². The van der Waals surface area contributed by atoms with Crippen LogP contribution in [-0.2, 0) is 0 Å². The molecule has 1 atom stereocenters. The number of nitrogen functional groups attached to an aromatic ring is 1. The molecule has 7 nitrogen and oxygen atoms in total. The van der Waals surface area contributed by atoms with Gasteiger partial charge in [-0.2, -0.15) is 16.7 Å². The van der Waals surface area contributed by atoms with Crippen LogP contribution < -0.4 is 11.1 Å². The van der Waals surface area contributed by atoms with Crippen LogP contribution >= 0.6 is 11.8 Å². The molecule has 1 unspecified atom stereocenters. The first-order valence-corrected chi connectivity index (χ1v) is 6.84. The molecule has 1 aliphatic rings. The quantitative estimate of drug-likeness (QED) is 0.632. The summed E-state index contributed by atoms with van der Waals surface area (Å²) in [6, 6.07) is 0. The van der Waals surface area contributed by atoms with Crippen molar-refractivity contribution in [2.45, 2.75) is 24.5 Å². The Morgan fingerprint density at radius 2 is 2.44 bits per heavy atom. The number of hydrogen-bond acceptors (Lipinski definition) is 7. The van der Waals surface area contributed by atoms with Crippen LogP contribution in [0.5, 0.6) is 0 Å². The smallest absolute Gasteiger partial charge is 0.329 e. The topological polar surface area (TPSA) is 107 Å². The molecule has 0 spiro atoms. The second-order valence-electron chi connectivity index (χ2n) is 4.09. The molecule has 3 N–H and O–H groups in total. The predicted octanol–water partition coefficient (Wildman–Crippen LogP) is 1.66. The summed E-state index contributed by atoms with van der Waals surface area (Å²) >= 11 is 1.89. The Kier molecular flexibility index (Phi) is 4.19. The first kappa shape index (κ1) is 12.9. The maximum absolute atomic E-state index is 10.8. The number of anilines is 2. The molecule has 2 heterocycles. The zero-order valence-electron chi connectivity index (χ0n) is 9.83. The van der Waals surface area contributed by atoms with E-state index in [0.29, 0.717) is 11.8 Å². The SMILES string of the molecule is Nc1ncc([N+](=O)[O-])c(NCC2CCCCS2)n1. The third kappa shape index (κ3) is 3.22. The maximum Gasteiger partial charge on any atom is 0.329 e. The van der Waals surface area contributed by atoms with Gasteiger partial charge < -0.3 is 11.1 Å². The van der Waals surface area contributed by atoms with E-state index in [9.17, 15) is 10.1 Å². The van der Waals surface area contributed by atoms with Crippen molar-refractivity contribution in [3.8, 4) is 0 Å². The monoisotopic (exact) mass is 269 g/mol. The molecule has 1 aromatic heterocycles. The lowest BCUT2D eigenvalue weighted by Gasteiger charge is -2.21. The minimum absolute atomic E-state index is 0.0411. The highest BCUT2D eigenvalue weighted by Gasteiger charge is 2.19. The minimum Gasteiger partial charge on any atom is -0.368 e. The molecule has 0 amide bonds. The molecule has 0 aliphatic carbocycles. The molecule has 0 saturated carbocycles. The van der Waals surface area contributed by atoms with E-state index in [-0.39, 0.29) is 17.5 Å². The fraction of sp³-hybridized carbons (Fsp3) is 0.600. The largest absolute Gasteiger partial charge is 0.368 e. The van der Waals surface area contributed by atoms with Crippen molar-refractivity contribution in [1.29, 1.82) is 0 Å². The lowest BCUT2D eigenvalue weighted by atomic mass is 10.2. The van der Waals surface area contributed by atoms with Crippen LogP contribution in [0.4, 0.5) is 17.5 Å². The number of nitrogens with zero attached hydrogens (tertiary/aromatic N) is 3. The number of thioether (sulfide) groups is 1. The summed E-state index contributed by atoms with van der Waals surface area (Å²) in [5, 5.41) is 14.3. The van der Waals surface area contributed by atoms with Crippen LogP contribution in [-0.4, -0.2) is 32.4 Å². The zero-order chi connectivity index (χ0) is 13.0. The number of rotatable bonds is 4. The third-order valence-corrected chi connectivity index (χ3v) is 4.15. The fourth-order valence-electron chi connectivity index (χ4n) is 1.83. The van der Waals surface area contributed by atoms with E-state index in [1.165, 1.54) is 12.8 Å². The normalized spacial score (nSPS) is 19.4. The summed E-state index contributed by atoms with van der Waals surface area (Å²) < 4.78 is 0. The van der Waals surface area contributed by atoms with E-state index >= 15 is 0 Å². The van der Waals surface area contributed by atoms with Gasteiger partial charge in [-0.05, 0) is 18.6 Å².